The van der Waals surface area contributed by atoms with Crippen LogP contribution in [0.4, 0.5) is 0 Å². The predicted molar refractivity (Wildman–Crippen MR) is 66.7 cm³/mol. The molecule has 2 rings (SSSR count). The maximum Gasteiger partial charge on any atom is 0.118 e. The van der Waals surface area contributed by atoms with Gasteiger partial charge in [-0.1, -0.05) is 18.2 Å². The van der Waals surface area contributed by atoms with Crippen molar-refractivity contribution in [2.45, 2.75) is 18.9 Å². The fourth-order valence-electron chi connectivity index (χ4n) is 2.01. The molecule has 86 valence electrons. The number of ether oxygens (including phenoxy) is 1. The van der Waals surface area contributed by atoms with E-state index in [1.165, 1.54) is 18.4 Å². The van der Waals surface area contributed by atoms with Gasteiger partial charge in [-0.05, 0) is 36.5 Å². The van der Waals surface area contributed by atoms with Crippen LogP contribution in [0.2, 0.25) is 0 Å². The number of benzene rings is 1. The molecule has 1 aromatic carbocycles. The van der Waals surface area contributed by atoms with Gasteiger partial charge >= 0.3 is 0 Å². The maximum absolute atomic E-state index is 5.17. The lowest BCUT2D eigenvalue weighted by atomic mass is 10.0. The summed E-state index contributed by atoms with van der Waals surface area (Å²) in [6, 6.07) is 8.83. The highest BCUT2D eigenvalue weighted by atomic mass is 16.5. The first-order valence-electron chi connectivity index (χ1n) is 5.83. The van der Waals surface area contributed by atoms with Crippen molar-refractivity contribution in [1.29, 1.82) is 0 Å². The van der Waals surface area contributed by atoms with E-state index < -0.39 is 0 Å². The third-order valence-electron chi connectivity index (χ3n) is 3.05. The van der Waals surface area contributed by atoms with Crippen molar-refractivity contribution in [2.24, 2.45) is 5.92 Å². The zero-order chi connectivity index (χ0) is 11.4. The number of hydrogen-bond donors (Lipinski definition) is 1. The Labute approximate surface area is 97.3 Å². The molecule has 2 nitrogen and oxygen atoms in total. The molecule has 1 saturated carbocycles. The summed E-state index contributed by atoms with van der Waals surface area (Å²) in [5.41, 5.74) is 1.35. The monoisotopic (exact) mass is 217 g/mol. The lowest BCUT2D eigenvalue weighted by Gasteiger charge is -2.18. The highest BCUT2D eigenvalue weighted by Crippen LogP contribution is 2.41. The van der Waals surface area contributed by atoms with Crippen molar-refractivity contribution in [3.63, 3.8) is 0 Å². The Kier molecular flexibility index (Phi) is 3.62. The lowest BCUT2D eigenvalue weighted by Crippen LogP contribution is -2.22. The van der Waals surface area contributed by atoms with E-state index in [1.807, 2.05) is 18.2 Å². The van der Waals surface area contributed by atoms with Crippen LogP contribution in [0.15, 0.2) is 36.9 Å². The minimum absolute atomic E-state index is 0.476. The van der Waals surface area contributed by atoms with Gasteiger partial charge in [0.25, 0.3) is 0 Å². The minimum Gasteiger partial charge on any atom is -0.497 e. The molecular formula is C14H19NO. The largest absolute Gasteiger partial charge is 0.497 e. The van der Waals surface area contributed by atoms with Crippen LogP contribution in [0.3, 0.4) is 0 Å². The van der Waals surface area contributed by atoms with E-state index in [1.54, 1.807) is 7.11 Å². The Morgan fingerprint density at radius 1 is 1.44 bits per heavy atom. The van der Waals surface area contributed by atoms with Gasteiger partial charge in [-0.15, -0.1) is 6.58 Å². The molecule has 1 aliphatic rings. The van der Waals surface area contributed by atoms with Crippen molar-refractivity contribution in [3.05, 3.63) is 42.5 Å². The zero-order valence-corrected chi connectivity index (χ0v) is 9.78. The van der Waals surface area contributed by atoms with E-state index >= 15 is 0 Å². The molecule has 0 aromatic heterocycles. The van der Waals surface area contributed by atoms with Crippen LogP contribution in [-0.2, 0) is 0 Å². The SMILES string of the molecule is C=CCNC(c1ccc(OC)cc1)C1CC1. The third kappa shape index (κ3) is 2.64. The van der Waals surface area contributed by atoms with Gasteiger partial charge in [-0.3, -0.25) is 0 Å². The molecule has 0 aliphatic heterocycles. The van der Waals surface area contributed by atoms with Crippen molar-refractivity contribution >= 4 is 0 Å². The second kappa shape index (κ2) is 5.17. The first-order valence-corrected chi connectivity index (χ1v) is 5.83. The molecule has 1 atom stereocenters. The highest BCUT2D eigenvalue weighted by molar-refractivity contribution is 5.30. The van der Waals surface area contributed by atoms with E-state index in [9.17, 15) is 0 Å². The van der Waals surface area contributed by atoms with E-state index in [4.69, 9.17) is 4.74 Å². The summed E-state index contributed by atoms with van der Waals surface area (Å²) in [7, 11) is 1.70. The van der Waals surface area contributed by atoms with Crippen molar-refractivity contribution < 1.29 is 4.74 Å². The third-order valence-corrected chi connectivity index (χ3v) is 3.05. The molecule has 0 heterocycles. The summed E-state index contributed by atoms with van der Waals surface area (Å²) in [4.78, 5) is 0. The maximum atomic E-state index is 5.17. The summed E-state index contributed by atoms with van der Waals surface area (Å²) in [6.07, 6.45) is 4.58. The predicted octanol–water partition coefficient (Wildman–Crippen LogP) is 2.92. The lowest BCUT2D eigenvalue weighted by molar-refractivity contribution is 0.414. The topological polar surface area (TPSA) is 21.3 Å². The van der Waals surface area contributed by atoms with Crippen molar-refractivity contribution in [1.82, 2.24) is 5.32 Å². The fourth-order valence-corrected chi connectivity index (χ4v) is 2.01. The Bertz CT molecular complexity index is 340. The Balaban J connectivity index is 2.07. The summed E-state index contributed by atoms with van der Waals surface area (Å²) < 4.78 is 5.17. The van der Waals surface area contributed by atoms with Crippen LogP contribution < -0.4 is 10.1 Å². The van der Waals surface area contributed by atoms with Gasteiger partial charge in [0.2, 0.25) is 0 Å². The van der Waals surface area contributed by atoms with Gasteiger partial charge in [-0.25, -0.2) is 0 Å². The van der Waals surface area contributed by atoms with Crippen LogP contribution in [0.5, 0.6) is 5.75 Å². The molecule has 0 saturated heterocycles. The molecule has 1 unspecified atom stereocenters. The molecule has 16 heavy (non-hydrogen) atoms. The summed E-state index contributed by atoms with van der Waals surface area (Å²) >= 11 is 0. The summed E-state index contributed by atoms with van der Waals surface area (Å²) in [5.74, 6) is 1.72. The van der Waals surface area contributed by atoms with Gasteiger partial charge in [0.1, 0.15) is 5.75 Å². The number of methoxy groups -OCH3 is 1. The van der Waals surface area contributed by atoms with E-state index in [0.717, 1.165) is 18.2 Å². The Hall–Kier alpha value is -1.28. The van der Waals surface area contributed by atoms with Crippen molar-refractivity contribution in [3.8, 4) is 5.75 Å². The van der Waals surface area contributed by atoms with Crippen LogP contribution in [0, 0.1) is 5.92 Å². The van der Waals surface area contributed by atoms with Gasteiger partial charge in [-0.2, -0.15) is 0 Å². The molecule has 0 radical (unpaired) electrons. The standard InChI is InChI=1S/C14H19NO/c1-3-10-15-14(11-4-5-11)12-6-8-13(16-2)9-7-12/h3,6-9,11,14-15H,1,4-5,10H2,2H3. The van der Waals surface area contributed by atoms with Gasteiger partial charge in [0, 0.05) is 12.6 Å². The first-order chi connectivity index (χ1) is 7.85. The normalized spacial score (nSPS) is 16.8. The molecular weight excluding hydrogens is 198 g/mol. The number of hydrogen-bond acceptors (Lipinski definition) is 2. The summed E-state index contributed by atoms with van der Waals surface area (Å²) in [5, 5.41) is 3.53. The number of nitrogens with one attached hydrogen (secondary N) is 1. The molecule has 1 N–H and O–H groups in total. The highest BCUT2D eigenvalue weighted by Gasteiger charge is 2.31. The zero-order valence-electron chi connectivity index (χ0n) is 9.78. The molecule has 1 aromatic rings. The van der Waals surface area contributed by atoms with Crippen LogP contribution in [0.25, 0.3) is 0 Å². The smallest absolute Gasteiger partial charge is 0.118 e. The average Bonchev–Trinajstić information content (AvgIpc) is 3.15. The van der Waals surface area contributed by atoms with E-state index in [2.05, 4.69) is 24.0 Å². The first kappa shape index (κ1) is 11.2. The quantitative estimate of drug-likeness (QED) is 0.740. The Morgan fingerprint density at radius 3 is 2.62 bits per heavy atom. The second-order valence-corrected chi connectivity index (χ2v) is 4.29. The Morgan fingerprint density at radius 2 is 2.12 bits per heavy atom. The van der Waals surface area contributed by atoms with Crippen LogP contribution in [0.1, 0.15) is 24.4 Å². The average molecular weight is 217 g/mol. The molecule has 1 aliphatic carbocycles. The number of rotatable bonds is 6. The molecule has 0 bridgehead atoms. The fraction of sp³-hybridized carbons (Fsp3) is 0.429. The molecule has 1 fully saturated rings. The second-order valence-electron chi connectivity index (χ2n) is 4.29. The van der Waals surface area contributed by atoms with Crippen molar-refractivity contribution in [2.75, 3.05) is 13.7 Å². The van der Waals surface area contributed by atoms with E-state index in [0.29, 0.717) is 6.04 Å². The molecule has 0 spiro atoms. The van der Waals surface area contributed by atoms with Gasteiger partial charge in [0.05, 0.1) is 7.11 Å². The minimum atomic E-state index is 0.476. The van der Waals surface area contributed by atoms with Gasteiger partial charge in [0.15, 0.2) is 0 Å². The molecule has 2 heteroatoms. The van der Waals surface area contributed by atoms with Crippen LogP contribution >= 0.6 is 0 Å². The van der Waals surface area contributed by atoms with Gasteiger partial charge < -0.3 is 10.1 Å². The van der Waals surface area contributed by atoms with Crippen LogP contribution in [-0.4, -0.2) is 13.7 Å². The molecule has 0 amide bonds. The van der Waals surface area contributed by atoms with E-state index in [-0.39, 0.29) is 0 Å². The summed E-state index contributed by atoms with van der Waals surface area (Å²) in [6.45, 7) is 4.62.